The van der Waals surface area contributed by atoms with E-state index < -0.39 is 0 Å². The Bertz CT molecular complexity index is 713. The summed E-state index contributed by atoms with van der Waals surface area (Å²) in [4.78, 5) is 16.7. The highest BCUT2D eigenvalue weighted by molar-refractivity contribution is 7.13. The van der Waals surface area contributed by atoms with E-state index >= 15 is 0 Å². The van der Waals surface area contributed by atoms with Crippen molar-refractivity contribution >= 4 is 17.2 Å². The molecule has 0 bridgehead atoms. The number of thiazole rings is 1. The highest BCUT2D eigenvalue weighted by Crippen LogP contribution is 2.39. The maximum Gasteiger partial charge on any atom is 0.226 e. The van der Waals surface area contributed by atoms with E-state index in [9.17, 15) is 9.18 Å². The summed E-state index contributed by atoms with van der Waals surface area (Å²) in [5.74, 6) is 0.121. The van der Waals surface area contributed by atoms with Crippen LogP contribution in [0, 0.1) is 11.7 Å². The van der Waals surface area contributed by atoms with Crippen molar-refractivity contribution in [2.75, 3.05) is 6.54 Å². The number of nitrogens with one attached hydrogen (secondary N) is 1. The molecule has 1 fully saturated rings. The normalized spacial score (nSPS) is 16.8. The lowest BCUT2D eigenvalue weighted by molar-refractivity contribution is -0.122. The summed E-state index contributed by atoms with van der Waals surface area (Å²) in [6.45, 7) is 2.44. The van der Waals surface area contributed by atoms with E-state index in [1.54, 1.807) is 6.07 Å². The van der Waals surface area contributed by atoms with Gasteiger partial charge in [0.25, 0.3) is 0 Å². The van der Waals surface area contributed by atoms with Gasteiger partial charge in [0.15, 0.2) is 0 Å². The number of hydrogen-bond donors (Lipinski definition) is 2. The van der Waals surface area contributed by atoms with Gasteiger partial charge in [0.1, 0.15) is 10.8 Å². The largest absolute Gasteiger partial charge is 0.349 e. The van der Waals surface area contributed by atoms with Crippen molar-refractivity contribution in [3.8, 4) is 10.6 Å². The number of rotatable bonds is 6. The van der Waals surface area contributed by atoms with Gasteiger partial charge in [-0.25, -0.2) is 9.37 Å². The van der Waals surface area contributed by atoms with Gasteiger partial charge in [0.2, 0.25) is 5.91 Å². The molecular formula is C17H20FN3OS. The zero-order valence-electron chi connectivity index (χ0n) is 13.0. The average Bonchev–Trinajstić information content (AvgIpc) is 3.28. The quantitative estimate of drug-likeness (QED) is 0.854. The molecule has 6 heteroatoms. The predicted molar refractivity (Wildman–Crippen MR) is 89.5 cm³/mol. The van der Waals surface area contributed by atoms with Crippen LogP contribution in [0.3, 0.4) is 0 Å². The zero-order chi connectivity index (χ0) is 16.4. The van der Waals surface area contributed by atoms with Gasteiger partial charge in [-0.2, -0.15) is 0 Å². The Labute approximate surface area is 138 Å². The topological polar surface area (TPSA) is 68.0 Å². The molecule has 1 amide bonds. The van der Waals surface area contributed by atoms with Crippen molar-refractivity contribution in [3.63, 3.8) is 0 Å². The molecule has 1 unspecified atom stereocenters. The molecule has 0 radical (unpaired) electrons. The van der Waals surface area contributed by atoms with Gasteiger partial charge in [0.05, 0.1) is 17.7 Å². The van der Waals surface area contributed by atoms with E-state index in [4.69, 9.17) is 5.73 Å². The number of hydrogen-bond acceptors (Lipinski definition) is 4. The Morgan fingerprint density at radius 1 is 1.52 bits per heavy atom. The molecule has 1 aromatic carbocycles. The molecule has 0 spiro atoms. The Hall–Kier alpha value is -1.79. The van der Waals surface area contributed by atoms with E-state index in [2.05, 4.69) is 10.3 Å². The van der Waals surface area contributed by atoms with Crippen LogP contribution in [0.5, 0.6) is 0 Å². The molecule has 4 nitrogen and oxygen atoms in total. The summed E-state index contributed by atoms with van der Waals surface area (Å²) < 4.78 is 13.3. The molecule has 122 valence electrons. The minimum atomic E-state index is -0.321. The summed E-state index contributed by atoms with van der Waals surface area (Å²) in [5.41, 5.74) is 6.92. The number of amides is 1. The molecule has 1 atom stereocenters. The van der Waals surface area contributed by atoms with Gasteiger partial charge in [-0.1, -0.05) is 12.1 Å². The van der Waals surface area contributed by atoms with Crippen molar-refractivity contribution in [3.05, 3.63) is 41.2 Å². The molecular weight excluding hydrogens is 313 g/mol. The van der Waals surface area contributed by atoms with E-state index in [0.29, 0.717) is 18.2 Å². The number of halogens is 1. The maximum atomic E-state index is 13.3. The molecule has 1 saturated carbocycles. The fourth-order valence-electron chi connectivity index (χ4n) is 2.71. The van der Waals surface area contributed by atoms with E-state index in [0.717, 1.165) is 23.4 Å². The van der Waals surface area contributed by atoms with Crippen molar-refractivity contribution < 1.29 is 9.18 Å². The van der Waals surface area contributed by atoms with E-state index in [1.165, 1.54) is 23.5 Å². The third kappa shape index (κ3) is 3.76. The Morgan fingerprint density at radius 2 is 2.30 bits per heavy atom. The molecule has 3 N–H and O–H groups in total. The zero-order valence-corrected chi connectivity index (χ0v) is 13.8. The standard InChI is InChI=1S/C17H20FN3OS/c1-17(10-19,12-5-6-12)21-15(22)8-14-9-23-16(20-14)11-3-2-4-13(18)7-11/h2-4,7,9,12H,5-6,8,10,19H2,1H3,(H,21,22). The van der Waals surface area contributed by atoms with Crippen molar-refractivity contribution in [2.24, 2.45) is 11.7 Å². The first-order valence-corrected chi connectivity index (χ1v) is 8.59. The molecule has 2 aromatic rings. The van der Waals surface area contributed by atoms with Gasteiger partial charge in [-0.3, -0.25) is 4.79 Å². The second-order valence-corrected chi connectivity index (χ2v) is 7.13. The number of carbonyl (C=O) groups is 1. The van der Waals surface area contributed by atoms with Crippen LogP contribution >= 0.6 is 11.3 Å². The molecule has 0 saturated heterocycles. The Morgan fingerprint density at radius 3 is 2.96 bits per heavy atom. The second-order valence-electron chi connectivity index (χ2n) is 6.28. The summed E-state index contributed by atoms with van der Waals surface area (Å²) in [6.07, 6.45) is 2.46. The lowest BCUT2D eigenvalue weighted by Crippen LogP contribution is -2.53. The van der Waals surface area contributed by atoms with Crippen molar-refractivity contribution in [2.45, 2.75) is 31.7 Å². The van der Waals surface area contributed by atoms with Crippen LogP contribution in [-0.4, -0.2) is 23.0 Å². The molecule has 1 aromatic heterocycles. The van der Waals surface area contributed by atoms with Crippen LogP contribution in [0.25, 0.3) is 10.6 Å². The van der Waals surface area contributed by atoms with Gasteiger partial charge in [-0.05, 0) is 37.8 Å². The molecule has 1 aliphatic rings. The third-order valence-corrected chi connectivity index (χ3v) is 5.23. The SMILES string of the molecule is CC(CN)(NC(=O)Cc1csc(-c2cccc(F)c2)n1)C1CC1. The molecule has 23 heavy (non-hydrogen) atoms. The van der Waals surface area contributed by atoms with Gasteiger partial charge in [0, 0.05) is 17.5 Å². The second kappa shape index (κ2) is 6.37. The minimum absolute atomic E-state index is 0.0686. The van der Waals surface area contributed by atoms with Crippen molar-refractivity contribution in [1.82, 2.24) is 10.3 Å². The highest BCUT2D eigenvalue weighted by Gasteiger charge is 2.41. The summed E-state index contributed by atoms with van der Waals surface area (Å²) >= 11 is 1.41. The van der Waals surface area contributed by atoms with Crippen LogP contribution in [0.15, 0.2) is 29.6 Å². The first kappa shape index (κ1) is 16.1. The molecule has 0 aliphatic heterocycles. The molecule has 3 rings (SSSR count). The summed E-state index contributed by atoms with van der Waals surface area (Å²) in [6, 6.07) is 6.31. The number of nitrogens with zero attached hydrogens (tertiary/aromatic N) is 1. The van der Waals surface area contributed by atoms with Crippen LogP contribution < -0.4 is 11.1 Å². The number of aromatic nitrogens is 1. The third-order valence-electron chi connectivity index (χ3n) is 4.29. The Balaban J connectivity index is 1.66. The lowest BCUT2D eigenvalue weighted by atomic mass is 9.95. The first-order valence-electron chi connectivity index (χ1n) is 7.71. The minimum Gasteiger partial charge on any atom is -0.349 e. The van der Waals surface area contributed by atoms with Gasteiger partial charge < -0.3 is 11.1 Å². The van der Waals surface area contributed by atoms with Crippen LogP contribution in [-0.2, 0) is 11.2 Å². The van der Waals surface area contributed by atoms with Crippen LogP contribution in [0.1, 0.15) is 25.5 Å². The highest BCUT2D eigenvalue weighted by atomic mass is 32.1. The number of benzene rings is 1. The summed E-state index contributed by atoms with van der Waals surface area (Å²) in [5, 5.41) is 5.61. The first-order chi connectivity index (χ1) is 11.0. The van der Waals surface area contributed by atoms with Gasteiger partial charge >= 0.3 is 0 Å². The molecule has 1 aliphatic carbocycles. The van der Waals surface area contributed by atoms with Gasteiger partial charge in [-0.15, -0.1) is 11.3 Å². The number of nitrogens with two attached hydrogens (primary N) is 1. The van der Waals surface area contributed by atoms with E-state index in [-0.39, 0.29) is 23.7 Å². The average molecular weight is 333 g/mol. The summed E-state index contributed by atoms with van der Waals surface area (Å²) in [7, 11) is 0. The Kier molecular flexibility index (Phi) is 4.46. The monoisotopic (exact) mass is 333 g/mol. The number of carbonyl (C=O) groups excluding carboxylic acids is 1. The fraction of sp³-hybridized carbons (Fsp3) is 0.412. The smallest absolute Gasteiger partial charge is 0.226 e. The predicted octanol–water partition coefficient (Wildman–Crippen LogP) is 2.74. The fourth-order valence-corrected chi connectivity index (χ4v) is 3.53. The van der Waals surface area contributed by atoms with E-state index in [1.807, 2.05) is 18.4 Å². The lowest BCUT2D eigenvalue weighted by Gasteiger charge is -2.29. The maximum absolute atomic E-state index is 13.3. The van der Waals surface area contributed by atoms with Crippen LogP contribution in [0.2, 0.25) is 0 Å². The van der Waals surface area contributed by atoms with Crippen molar-refractivity contribution in [1.29, 1.82) is 0 Å². The molecule has 1 heterocycles. The van der Waals surface area contributed by atoms with Crippen LogP contribution in [0.4, 0.5) is 4.39 Å².